The molecule has 0 aromatic heterocycles. The number of ether oxygens (including phenoxy) is 2. The number of carbonyl (C=O) groups excluding carboxylic acids is 2. The van der Waals surface area contributed by atoms with Crippen LogP contribution in [0.2, 0.25) is 0 Å². The topological polar surface area (TPSA) is 80.2 Å². The molecule has 1 unspecified atom stereocenters. The van der Waals surface area contributed by atoms with Gasteiger partial charge in [0.15, 0.2) is 5.17 Å². The summed E-state index contributed by atoms with van der Waals surface area (Å²) < 4.78 is 9.98. The van der Waals surface area contributed by atoms with E-state index in [0.717, 1.165) is 11.4 Å². The smallest absolute Gasteiger partial charge is 0.242 e. The SMILES string of the molecule is COCCNC(=O)CC1SC(=Nc2ccc(OC)cc2)N(C)C1=O. The molecule has 1 aliphatic heterocycles. The maximum absolute atomic E-state index is 12.3. The van der Waals surface area contributed by atoms with E-state index in [0.29, 0.717) is 18.3 Å². The molecular formula is C16H21N3O4S. The van der Waals surface area contributed by atoms with Gasteiger partial charge < -0.3 is 14.8 Å². The van der Waals surface area contributed by atoms with Crippen LogP contribution in [-0.4, -0.2) is 61.6 Å². The fourth-order valence-corrected chi connectivity index (χ4v) is 3.25. The quantitative estimate of drug-likeness (QED) is 0.751. The number of hydrogen-bond acceptors (Lipinski definition) is 6. The maximum Gasteiger partial charge on any atom is 0.242 e. The van der Waals surface area contributed by atoms with E-state index in [2.05, 4.69) is 10.3 Å². The fourth-order valence-electron chi connectivity index (χ4n) is 2.10. The Morgan fingerprint density at radius 1 is 1.33 bits per heavy atom. The zero-order chi connectivity index (χ0) is 17.5. The Labute approximate surface area is 145 Å². The van der Waals surface area contributed by atoms with Gasteiger partial charge in [0.1, 0.15) is 11.0 Å². The predicted octanol–water partition coefficient (Wildman–Crippen LogP) is 1.41. The number of nitrogens with zero attached hydrogens (tertiary/aromatic N) is 2. The summed E-state index contributed by atoms with van der Waals surface area (Å²) in [5.41, 5.74) is 0.725. The van der Waals surface area contributed by atoms with Gasteiger partial charge in [-0.15, -0.1) is 0 Å². The van der Waals surface area contributed by atoms with Crippen molar-refractivity contribution in [2.45, 2.75) is 11.7 Å². The van der Waals surface area contributed by atoms with Gasteiger partial charge in [-0.1, -0.05) is 11.8 Å². The van der Waals surface area contributed by atoms with E-state index in [1.807, 2.05) is 24.3 Å². The molecule has 0 radical (unpaired) electrons. The summed E-state index contributed by atoms with van der Waals surface area (Å²) in [6.07, 6.45) is 0.124. The summed E-state index contributed by atoms with van der Waals surface area (Å²) >= 11 is 1.30. The van der Waals surface area contributed by atoms with Crippen molar-refractivity contribution in [1.29, 1.82) is 0 Å². The largest absolute Gasteiger partial charge is 0.497 e. The molecule has 0 aliphatic carbocycles. The van der Waals surface area contributed by atoms with Crippen LogP contribution in [0.1, 0.15) is 6.42 Å². The van der Waals surface area contributed by atoms with Crippen LogP contribution in [-0.2, 0) is 14.3 Å². The van der Waals surface area contributed by atoms with E-state index in [1.165, 1.54) is 16.7 Å². The summed E-state index contributed by atoms with van der Waals surface area (Å²) in [4.78, 5) is 30.1. The Morgan fingerprint density at radius 3 is 2.67 bits per heavy atom. The first kappa shape index (κ1) is 18.3. The Balaban J connectivity index is 1.99. The number of benzene rings is 1. The van der Waals surface area contributed by atoms with E-state index in [-0.39, 0.29) is 18.2 Å². The van der Waals surface area contributed by atoms with E-state index >= 15 is 0 Å². The van der Waals surface area contributed by atoms with Crippen LogP contribution in [0.15, 0.2) is 29.3 Å². The normalized spacial score (nSPS) is 19.0. The molecule has 7 nitrogen and oxygen atoms in total. The molecule has 1 N–H and O–H groups in total. The first-order valence-electron chi connectivity index (χ1n) is 7.47. The first-order valence-corrected chi connectivity index (χ1v) is 8.35. The molecule has 1 fully saturated rings. The molecule has 1 saturated heterocycles. The lowest BCUT2D eigenvalue weighted by molar-refractivity contribution is -0.128. The Hall–Kier alpha value is -2.06. The number of aliphatic imine (C=N–C) groups is 1. The Morgan fingerprint density at radius 2 is 2.04 bits per heavy atom. The number of hydrogen-bond donors (Lipinski definition) is 1. The number of nitrogens with one attached hydrogen (secondary N) is 1. The minimum absolute atomic E-state index is 0.117. The van der Waals surface area contributed by atoms with Crippen molar-refractivity contribution < 1.29 is 19.1 Å². The van der Waals surface area contributed by atoms with E-state index in [1.54, 1.807) is 21.3 Å². The second-order valence-electron chi connectivity index (χ2n) is 5.14. The molecule has 8 heteroatoms. The Kier molecular flexibility index (Phi) is 6.62. The summed E-state index contributed by atoms with van der Waals surface area (Å²) in [6.45, 7) is 0.880. The molecule has 1 aromatic rings. The van der Waals surface area contributed by atoms with Gasteiger partial charge in [0.2, 0.25) is 11.8 Å². The highest BCUT2D eigenvalue weighted by Gasteiger charge is 2.36. The van der Waals surface area contributed by atoms with Crippen LogP contribution in [0, 0.1) is 0 Å². The lowest BCUT2D eigenvalue weighted by atomic mass is 10.2. The van der Waals surface area contributed by atoms with Gasteiger partial charge in [0.05, 0.1) is 19.4 Å². The first-order chi connectivity index (χ1) is 11.5. The number of thioether (sulfide) groups is 1. The molecule has 2 amide bonds. The number of methoxy groups -OCH3 is 2. The average molecular weight is 351 g/mol. The lowest BCUT2D eigenvalue weighted by Crippen LogP contribution is -2.33. The van der Waals surface area contributed by atoms with Crippen molar-refractivity contribution in [2.24, 2.45) is 4.99 Å². The van der Waals surface area contributed by atoms with Gasteiger partial charge in [-0.25, -0.2) is 4.99 Å². The summed E-state index contributed by atoms with van der Waals surface area (Å²) in [7, 11) is 4.84. The molecule has 1 heterocycles. The van der Waals surface area contributed by atoms with E-state index < -0.39 is 5.25 Å². The molecule has 1 aromatic carbocycles. The predicted molar refractivity (Wildman–Crippen MR) is 93.7 cm³/mol. The second-order valence-corrected chi connectivity index (χ2v) is 6.31. The number of amides is 2. The third-order valence-electron chi connectivity index (χ3n) is 3.44. The van der Waals surface area contributed by atoms with Crippen LogP contribution < -0.4 is 10.1 Å². The van der Waals surface area contributed by atoms with Crippen molar-refractivity contribution in [2.75, 3.05) is 34.4 Å². The van der Waals surface area contributed by atoms with Gasteiger partial charge in [-0.05, 0) is 24.3 Å². The van der Waals surface area contributed by atoms with Gasteiger partial charge in [-0.3, -0.25) is 14.5 Å². The molecule has 0 bridgehead atoms. The second kappa shape index (κ2) is 8.70. The summed E-state index contributed by atoms with van der Waals surface area (Å²) in [6, 6.07) is 7.24. The fraction of sp³-hybridized carbons (Fsp3) is 0.438. The number of rotatable bonds is 7. The number of amidine groups is 1. The third kappa shape index (κ3) is 4.72. The highest BCUT2D eigenvalue weighted by atomic mass is 32.2. The molecule has 24 heavy (non-hydrogen) atoms. The van der Waals surface area contributed by atoms with Gasteiger partial charge in [-0.2, -0.15) is 0 Å². The highest BCUT2D eigenvalue weighted by Crippen LogP contribution is 2.30. The van der Waals surface area contributed by atoms with Crippen molar-refractivity contribution in [1.82, 2.24) is 10.2 Å². The van der Waals surface area contributed by atoms with Crippen LogP contribution in [0.3, 0.4) is 0 Å². The zero-order valence-corrected chi connectivity index (χ0v) is 14.8. The van der Waals surface area contributed by atoms with E-state index in [9.17, 15) is 9.59 Å². The van der Waals surface area contributed by atoms with Gasteiger partial charge >= 0.3 is 0 Å². The van der Waals surface area contributed by atoms with Crippen LogP contribution in [0.25, 0.3) is 0 Å². The van der Waals surface area contributed by atoms with Crippen LogP contribution in [0.4, 0.5) is 5.69 Å². The molecule has 1 atom stereocenters. The minimum atomic E-state index is -0.449. The van der Waals surface area contributed by atoms with Crippen LogP contribution >= 0.6 is 11.8 Å². The molecule has 2 rings (SSSR count). The minimum Gasteiger partial charge on any atom is -0.497 e. The van der Waals surface area contributed by atoms with Crippen molar-refractivity contribution in [3.05, 3.63) is 24.3 Å². The summed E-state index contributed by atoms with van der Waals surface area (Å²) in [5, 5.41) is 2.85. The molecule has 0 saturated carbocycles. The van der Waals surface area contributed by atoms with Gasteiger partial charge in [0.25, 0.3) is 0 Å². The third-order valence-corrected chi connectivity index (χ3v) is 4.67. The van der Waals surface area contributed by atoms with Crippen molar-refractivity contribution >= 4 is 34.4 Å². The molecule has 130 valence electrons. The highest BCUT2D eigenvalue weighted by molar-refractivity contribution is 8.15. The standard InChI is InChI=1S/C16H21N3O4S/c1-19-15(21)13(10-14(20)17-8-9-22-2)24-16(19)18-11-4-6-12(23-3)7-5-11/h4-7,13H,8-10H2,1-3H3,(H,17,20). The van der Waals surface area contributed by atoms with E-state index in [4.69, 9.17) is 9.47 Å². The van der Waals surface area contributed by atoms with Crippen molar-refractivity contribution in [3.8, 4) is 5.75 Å². The Bertz CT molecular complexity index is 618. The van der Waals surface area contributed by atoms with Crippen LogP contribution in [0.5, 0.6) is 5.75 Å². The van der Waals surface area contributed by atoms with Gasteiger partial charge in [0, 0.05) is 27.1 Å². The summed E-state index contributed by atoms with van der Waals surface area (Å²) in [5.74, 6) is 0.458. The zero-order valence-electron chi connectivity index (χ0n) is 13.9. The lowest BCUT2D eigenvalue weighted by Gasteiger charge is -2.09. The average Bonchev–Trinajstić information content (AvgIpc) is 2.84. The molecule has 0 spiro atoms. The number of carbonyl (C=O) groups is 2. The monoisotopic (exact) mass is 351 g/mol. The van der Waals surface area contributed by atoms with Crippen molar-refractivity contribution in [3.63, 3.8) is 0 Å². The maximum atomic E-state index is 12.3. The molecular weight excluding hydrogens is 330 g/mol. The molecule has 1 aliphatic rings.